The van der Waals surface area contributed by atoms with Crippen molar-refractivity contribution in [2.24, 2.45) is 16.7 Å². The molecule has 0 heterocycles. The topological polar surface area (TPSA) is 38.7 Å². The minimum absolute atomic E-state index is 0.0426. The lowest BCUT2D eigenvalue weighted by molar-refractivity contribution is -0.175. The first-order valence-electron chi connectivity index (χ1n) is 7.07. The molecule has 2 fully saturated rings. The maximum Gasteiger partial charge on any atom is 0.0970 e. The van der Waals surface area contributed by atoms with Crippen LogP contribution in [0.15, 0.2) is 0 Å². The Hall–Kier alpha value is -0.120. The van der Waals surface area contributed by atoms with Crippen LogP contribution in [0.2, 0.25) is 0 Å². The van der Waals surface area contributed by atoms with E-state index in [1.54, 1.807) is 14.2 Å². The first-order chi connectivity index (χ1) is 8.33. The van der Waals surface area contributed by atoms with Crippen LogP contribution in [-0.2, 0) is 9.47 Å². The van der Waals surface area contributed by atoms with E-state index in [0.717, 1.165) is 19.3 Å². The Morgan fingerprint density at radius 2 is 1.94 bits per heavy atom. The lowest BCUT2D eigenvalue weighted by atomic mass is 9.62. The highest BCUT2D eigenvalue weighted by Crippen LogP contribution is 2.70. The minimum Gasteiger partial charge on any atom is -0.387 e. The number of aliphatic hydroxyl groups is 1. The molecule has 4 atom stereocenters. The highest BCUT2D eigenvalue weighted by molar-refractivity contribution is 5.20. The second-order valence-electron chi connectivity index (χ2n) is 6.92. The Balaban J connectivity index is 2.26. The molecule has 2 bridgehead atoms. The number of methoxy groups -OCH3 is 2. The first kappa shape index (κ1) is 14.3. The Bertz CT molecular complexity index is 315. The molecule has 2 aliphatic carbocycles. The maximum absolute atomic E-state index is 11.3. The van der Waals surface area contributed by atoms with Crippen molar-refractivity contribution in [2.75, 3.05) is 20.8 Å². The zero-order valence-corrected chi connectivity index (χ0v) is 12.5. The van der Waals surface area contributed by atoms with Crippen LogP contribution < -0.4 is 0 Å². The van der Waals surface area contributed by atoms with Gasteiger partial charge in [0.25, 0.3) is 0 Å². The number of hydrogen-bond donors (Lipinski definition) is 1. The van der Waals surface area contributed by atoms with E-state index in [0.29, 0.717) is 12.5 Å². The van der Waals surface area contributed by atoms with Crippen LogP contribution in [0.5, 0.6) is 0 Å². The van der Waals surface area contributed by atoms with Crippen molar-refractivity contribution in [1.29, 1.82) is 0 Å². The van der Waals surface area contributed by atoms with E-state index in [4.69, 9.17) is 9.47 Å². The molecule has 1 N–H and O–H groups in total. The van der Waals surface area contributed by atoms with Gasteiger partial charge in [0, 0.05) is 26.2 Å². The molecule has 0 radical (unpaired) electrons. The SMILES string of the molecule is COCCC(OC)C1(O)CC2CCC1(C)C2(C)C. The molecule has 2 saturated carbocycles. The van der Waals surface area contributed by atoms with Crippen molar-refractivity contribution in [1.82, 2.24) is 0 Å². The van der Waals surface area contributed by atoms with E-state index in [1.165, 1.54) is 6.42 Å². The summed E-state index contributed by atoms with van der Waals surface area (Å²) < 4.78 is 10.8. The second-order valence-corrected chi connectivity index (χ2v) is 6.92. The predicted octanol–water partition coefficient (Wildman–Crippen LogP) is 2.62. The lowest BCUT2D eigenvalue weighted by Crippen LogP contribution is -2.56. The molecule has 0 aromatic carbocycles. The minimum atomic E-state index is -0.702. The maximum atomic E-state index is 11.3. The fraction of sp³-hybridized carbons (Fsp3) is 1.00. The summed E-state index contributed by atoms with van der Waals surface area (Å²) in [6.07, 6.45) is 3.87. The number of rotatable bonds is 5. The normalized spacial score (nSPS) is 43.3. The molecular weight excluding hydrogens is 228 g/mol. The third-order valence-electron chi connectivity index (χ3n) is 6.35. The van der Waals surface area contributed by atoms with Crippen molar-refractivity contribution in [3.63, 3.8) is 0 Å². The predicted molar refractivity (Wildman–Crippen MR) is 71.5 cm³/mol. The van der Waals surface area contributed by atoms with Crippen molar-refractivity contribution in [2.45, 2.75) is 58.2 Å². The molecular formula is C15H28O3. The average Bonchev–Trinajstić information content (AvgIpc) is 2.62. The van der Waals surface area contributed by atoms with Gasteiger partial charge >= 0.3 is 0 Å². The second kappa shape index (κ2) is 4.46. The Labute approximate surface area is 111 Å². The Morgan fingerprint density at radius 1 is 1.28 bits per heavy atom. The average molecular weight is 256 g/mol. The van der Waals surface area contributed by atoms with Crippen molar-refractivity contribution < 1.29 is 14.6 Å². The summed E-state index contributed by atoms with van der Waals surface area (Å²) in [4.78, 5) is 0. The molecule has 18 heavy (non-hydrogen) atoms. The number of fused-ring (bicyclic) bond motifs is 2. The highest BCUT2D eigenvalue weighted by Gasteiger charge is 2.70. The molecule has 0 aromatic heterocycles. The zero-order valence-electron chi connectivity index (χ0n) is 12.5. The summed E-state index contributed by atoms with van der Waals surface area (Å²) in [5, 5.41) is 11.3. The molecule has 0 spiro atoms. The standard InChI is InChI=1S/C15H28O3/c1-13(2)11-6-8-14(13,3)15(16,10-11)12(18-5)7-9-17-4/h11-12,16H,6-10H2,1-5H3. The highest BCUT2D eigenvalue weighted by atomic mass is 16.5. The smallest absolute Gasteiger partial charge is 0.0970 e. The molecule has 2 aliphatic rings. The van der Waals surface area contributed by atoms with Gasteiger partial charge < -0.3 is 14.6 Å². The van der Waals surface area contributed by atoms with Crippen molar-refractivity contribution >= 4 is 0 Å². The zero-order chi connectivity index (χ0) is 13.6. The summed E-state index contributed by atoms with van der Waals surface area (Å²) in [7, 11) is 3.41. The van der Waals surface area contributed by atoms with E-state index in [9.17, 15) is 5.11 Å². The van der Waals surface area contributed by atoms with Gasteiger partial charge in [-0.25, -0.2) is 0 Å². The van der Waals surface area contributed by atoms with Crippen LogP contribution in [0, 0.1) is 16.7 Å². The van der Waals surface area contributed by atoms with Gasteiger partial charge in [-0.05, 0) is 37.0 Å². The monoisotopic (exact) mass is 256 g/mol. The molecule has 0 saturated heterocycles. The summed E-state index contributed by atoms with van der Waals surface area (Å²) in [5.41, 5.74) is -0.544. The van der Waals surface area contributed by atoms with Crippen molar-refractivity contribution in [3.05, 3.63) is 0 Å². The van der Waals surface area contributed by atoms with E-state index in [2.05, 4.69) is 20.8 Å². The van der Waals surface area contributed by atoms with Crippen LogP contribution in [0.3, 0.4) is 0 Å². The van der Waals surface area contributed by atoms with Crippen LogP contribution >= 0.6 is 0 Å². The van der Waals surface area contributed by atoms with Gasteiger partial charge in [-0.2, -0.15) is 0 Å². The van der Waals surface area contributed by atoms with Crippen LogP contribution in [0.4, 0.5) is 0 Å². The fourth-order valence-electron chi connectivity index (χ4n) is 4.59. The van der Waals surface area contributed by atoms with Crippen LogP contribution in [0.25, 0.3) is 0 Å². The van der Waals surface area contributed by atoms with E-state index in [-0.39, 0.29) is 16.9 Å². The summed E-state index contributed by atoms with van der Waals surface area (Å²) >= 11 is 0. The number of hydrogen-bond acceptors (Lipinski definition) is 3. The Morgan fingerprint density at radius 3 is 2.33 bits per heavy atom. The van der Waals surface area contributed by atoms with Crippen LogP contribution in [0.1, 0.15) is 46.5 Å². The lowest BCUT2D eigenvalue weighted by Gasteiger charge is -2.48. The molecule has 0 amide bonds. The Kier molecular flexibility index (Phi) is 3.54. The molecule has 4 unspecified atom stereocenters. The van der Waals surface area contributed by atoms with E-state index in [1.807, 2.05) is 0 Å². The molecule has 106 valence electrons. The molecule has 2 rings (SSSR count). The van der Waals surface area contributed by atoms with Gasteiger partial charge in [0.05, 0.1) is 11.7 Å². The first-order valence-corrected chi connectivity index (χ1v) is 7.07. The quantitative estimate of drug-likeness (QED) is 0.822. The fourth-order valence-corrected chi connectivity index (χ4v) is 4.59. The number of ether oxygens (including phenoxy) is 2. The molecule has 3 nitrogen and oxygen atoms in total. The van der Waals surface area contributed by atoms with Gasteiger partial charge in [0.2, 0.25) is 0 Å². The van der Waals surface area contributed by atoms with E-state index < -0.39 is 5.60 Å². The molecule has 3 heteroatoms. The third kappa shape index (κ3) is 1.60. The summed E-state index contributed by atoms with van der Waals surface area (Å²) in [6.45, 7) is 7.51. The van der Waals surface area contributed by atoms with Crippen LogP contribution in [-0.4, -0.2) is 37.6 Å². The largest absolute Gasteiger partial charge is 0.387 e. The molecule has 0 aliphatic heterocycles. The molecule has 0 aromatic rings. The summed E-state index contributed by atoms with van der Waals surface area (Å²) in [5.74, 6) is 0.618. The van der Waals surface area contributed by atoms with Gasteiger partial charge in [-0.15, -0.1) is 0 Å². The van der Waals surface area contributed by atoms with Crippen molar-refractivity contribution in [3.8, 4) is 0 Å². The summed E-state index contributed by atoms with van der Waals surface area (Å²) in [6, 6.07) is 0. The van der Waals surface area contributed by atoms with Gasteiger partial charge in [-0.1, -0.05) is 20.8 Å². The van der Waals surface area contributed by atoms with Gasteiger partial charge in [0.1, 0.15) is 0 Å². The van der Waals surface area contributed by atoms with E-state index >= 15 is 0 Å². The third-order valence-corrected chi connectivity index (χ3v) is 6.35. The van der Waals surface area contributed by atoms with Gasteiger partial charge in [-0.3, -0.25) is 0 Å². The van der Waals surface area contributed by atoms with Gasteiger partial charge in [0.15, 0.2) is 0 Å².